The summed E-state index contributed by atoms with van der Waals surface area (Å²) in [5.74, 6) is -0.418. The Labute approximate surface area is 159 Å². The van der Waals surface area contributed by atoms with Gasteiger partial charge in [0.25, 0.3) is 5.91 Å². The molecule has 0 saturated carbocycles. The SMILES string of the molecule is Cc1nc(-c2cccc(F)c2)ncc1C(=O)Nn1ccc2c(C#N)cccc21. The van der Waals surface area contributed by atoms with Crippen molar-refractivity contribution in [2.45, 2.75) is 6.92 Å². The number of nitriles is 1. The summed E-state index contributed by atoms with van der Waals surface area (Å²) in [4.78, 5) is 21.2. The number of hydrogen-bond acceptors (Lipinski definition) is 4. The minimum Gasteiger partial charge on any atom is -0.267 e. The summed E-state index contributed by atoms with van der Waals surface area (Å²) >= 11 is 0. The number of nitrogens with zero attached hydrogens (tertiary/aromatic N) is 4. The van der Waals surface area contributed by atoms with Gasteiger partial charge in [-0.1, -0.05) is 18.2 Å². The third-order valence-corrected chi connectivity index (χ3v) is 4.38. The number of rotatable bonds is 3. The first-order chi connectivity index (χ1) is 13.6. The second kappa shape index (κ2) is 6.93. The molecule has 4 aromatic rings. The third-order valence-electron chi connectivity index (χ3n) is 4.38. The van der Waals surface area contributed by atoms with Gasteiger partial charge in [-0.15, -0.1) is 0 Å². The molecule has 0 fully saturated rings. The van der Waals surface area contributed by atoms with E-state index in [1.54, 1.807) is 48.1 Å². The van der Waals surface area contributed by atoms with E-state index in [0.717, 1.165) is 5.39 Å². The van der Waals surface area contributed by atoms with Crippen LogP contribution in [0.5, 0.6) is 0 Å². The van der Waals surface area contributed by atoms with Gasteiger partial charge in [0.15, 0.2) is 5.82 Å². The molecule has 0 aliphatic carbocycles. The fourth-order valence-electron chi connectivity index (χ4n) is 2.99. The Morgan fingerprint density at radius 1 is 1.21 bits per heavy atom. The van der Waals surface area contributed by atoms with Crippen LogP contribution in [0.4, 0.5) is 4.39 Å². The molecular weight excluding hydrogens is 357 g/mol. The van der Waals surface area contributed by atoms with E-state index >= 15 is 0 Å². The first-order valence-corrected chi connectivity index (χ1v) is 8.48. The summed E-state index contributed by atoms with van der Waals surface area (Å²) in [6, 6.07) is 15.2. The Morgan fingerprint density at radius 3 is 2.79 bits per heavy atom. The van der Waals surface area contributed by atoms with Crippen molar-refractivity contribution in [1.29, 1.82) is 5.26 Å². The van der Waals surface area contributed by atoms with E-state index in [1.807, 2.05) is 6.07 Å². The lowest BCUT2D eigenvalue weighted by Crippen LogP contribution is -2.23. The molecule has 2 aromatic heterocycles. The van der Waals surface area contributed by atoms with Crippen molar-refractivity contribution < 1.29 is 9.18 Å². The maximum atomic E-state index is 13.4. The smallest absolute Gasteiger partial charge is 0.267 e. The Bertz CT molecular complexity index is 1260. The molecule has 28 heavy (non-hydrogen) atoms. The fraction of sp³-hybridized carbons (Fsp3) is 0.0476. The van der Waals surface area contributed by atoms with Crippen LogP contribution in [0, 0.1) is 24.1 Å². The zero-order valence-electron chi connectivity index (χ0n) is 14.8. The summed E-state index contributed by atoms with van der Waals surface area (Å²) in [6.45, 7) is 1.70. The van der Waals surface area contributed by atoms with Gasteiger partial charge in [-0.3, -0.25) is 14.9 Å². The molecule has 136 valence electrons. The van der Waals surface area contributed by atoms with E-state index < -0.39 is 0 Å². The molecule has 2 aromatic carbocycles. The molecular formula is C21H14FN5O. The van der Waals surface area contributed by atoms with Gasteiger partial charge in [0, 0.05) is 23.3 Å². The number of fused-ring (bicyclic) bond motifs is 1. The van der Waals surface area contributed by atoms with Crippen LogP contribution in [-0.2, 0) is 0 Å². The van der Waals surface area contributed by atoms with Crippen molar-refractivity contribution in [2.24, 2.45) is 0 Å². The molecule has 6 nitrogen and oxygen atoms in total. The first kappa shape index (κ1) is 17.4. The quantitative estimate of drug-likeness (QED) is 0.594. The summed E-state index contributed by atoms with van der Waals surface area (Å²) in [5.41, 5.74) is 5.33. The minimum atomic E-state index is -0.386. The highest BCUT2D eigenvalue weighted by atomic mass is 19.1. The van der Waals surface area contributed by atoms with Crippen LogP contribution >= 0.6 is 0 Å². The van der Waals surface area contributed by atoms with E-state index in [1.165, 1.54) is 18.3 Å². The van der Waals surface area contributed by atoms with E-state index in [9.17, 15) is 14.4 Å². The minimum absolute atomic E-state index is 0.304. The number of benzene rings is 2. The number of aryl methyl sites for hydroxylation is 1. The van der Waals surface area contributed by atoms with Gasteiger partial charge in [-0.2, -0.15) is 5.26 Å². The van der Waals surface area contributed by atoms with Gasteiger partial charge in [0.2, 0.25) is 0 Å². The van der Waals surface area contributed by atoms with Crippen LogP contribution in [0.15, 0.2) is 60.9 Å². The number of carbonyl (C=O) groups excluding carboxylic acids is 1. The molecule has 1 N–H and O–H groups in total. The average Bonchev–Trinajstić information content (AvgIpc) is 3.10. The van der Waals surface area contributed by atoms with Gasteiger partial charge in [0.1, 0.15) is 5.82 Å². The number of amides is 1. The first-order valence-electron chi connectivity index (χ1n) is 8.48. The Hall–Kier alpha value is -4.05. The lowest BCUT2D eigenvalue weighted by atomic mass is 10.1. The van der Waals surface area contributed by atoms with Crippen LogP contribution in [-0.4, -0.2) is 20.6 Å². The number of halogens is 1. The van der Waals surface area contributed by atoms with E-state index in [0.29, 0.717) is 33.7 Å². The molecule has 0 saturated heterocycles. The molecule has 0 unspecified atom stereocenters. The Kier molecular flexibility index (Phi) is 4.30. The summed E-state index contributed by atoms with van der Waals surface area (Å²) in [5, 5.41) is 9.94. The van der Waals surface area contributed by atoms with Gasteiger partial charge in [-0.25, -0.2) is 14.4 Å². The van der Waals surface area contributed by atoms with Gasteiger partial charge < -0.3 is 0 Å². The van der Waals surface area contributed by atoms with Gasteiger partial charge in [0.05, 0.1) is 28.4 Å². The molecule has 4 rings (SSSR count). The van der Waals surface area contributed by atoms with E-state index in [4.69, 9.17) is 0 Å². The fourth-order valence-corrected chi connectivity index (χ4v) is 2.99. The Morgan fingerprint density at radius 2 is 2.04 bits per heavy atom. The van der Waals surface area contributed by atoms with Crippen LogP contribution in [0.2, 0.25) is 0 Å². The number of aromatic nitrogens is 3. The summed E-state index contributed by atoms with van der Waals surface area (Å²) in [7, 11) is 0. The molecule has 0 bridgehead atoms. The van der Waals surface area contributed by atoms with Crippen molar-refractivity contribution in [3.05, 3.63) is 83.6 Å². The monoisotopic (exact) mass is 371 g/mol. The standard InChI is InChI=1S/C21H14FN5O/c1-13-18(12-24-20(25-13)14-4-2-6-16(22)10-14)21(28)26-27-9-8-17-15(11-23)5-3-7-19(17)27/h2-10,12H,1H3,(H,26,28). The predicted octanol–water partition coefficient (Wildman–Crippen LogP) is 3.80. The maximum Gasteiger partial charge on any atom is 0.273 e. The maximum absolute atomic E-state index is 13.4. The van der Waals surface area contributed by atoms with Gasteiger partial charge in [-0.05, 0) is 37.3 Å². The zero-order valence-corrected chi connectivity index (χ0v) is 14.8. The highest BCUT2D eigenvalue weighted by Crippen LogP contribution is 2.20. The lowest BCUT2D eigenvalue weighted by molar-refractivity contribution is 0.101. The van der Waals surface area contributed by atoms with E-state index in [-0.39, 0.29) is 11.7 Å². The molecule has 0 radical (unpaired) electrons. The molecule has 0 aliphatic heterocycles. The number of nitrogens with one attached hydrogen (secondary N) is 1. The highest BCUT2D eigenvalue weighted by Gasteiger charge is 2.14. The van der Waals surface area contributed by atoms with Crippen LogP contribution in [0.3, 0.4) is 0 Å². The normalized spacial score (nSPS) is 10.6. The van der Waals surface area contributed by atoms with Crippen LogP contribution in [0.1, 0.15) is 21.6 Å². The van der Waals surface area contributed by atoms with Crippen molar-refractivity contribution in [3.8, 4) is 17.5 Å². The van der Waals surface area contributed by atoms with Crippen LogP contribution < -0.4 is 5.43 Å². The van der Waals surface area contributed by atoms with Crippen molar-refractivity contribution in [3.63, 3.8) is 0 Å². The largest absolute Gasteiger partial charge is 0.273 e. The van der Waals surface area contributed by atoms with Gasteiger partial charge >= 0.3 is 0 Å². The predicted molar refractivity (Wildman–Crippen MR) is 103 cm³/mol. The molecule has 0 spiro atoms. The molecule has 0 atom stereocenters. The van der Waals surface area contributed by atoms with Crippen LogP contribution in [0.25, 0.3) is 22.3 Å². The number of carbonyl (C=O) groups is 1. The number of hydrogen-bond donors (Lipinski definition) is 1. The van der Waals surface area contributed by atoms with Crippen molar-refractivity contribution in [2.75, 3.05) is 5.43 Å². The second-order valence-corrected chi connectivity index (χ2v) is 6.18. The molecule has 0 aliphatic rings. The molecule has 7 heteroatoms. The van der Waals surface area contributed by atoms with Crippen molar-refractivity contribution >= 4 is 16.8 Å². The second-order valence-electron chi connectivity index (χ2n) is 6.18. The topological polar surface area (TPSA) is 83.6 Å². The average molecular weight is 371 g/mol. The summed E-state index contributed by atoms with van der Waals surface area (Å²) < 4.78 is 15.0. The lowest BCUT2D eigenvalue weighted by Gasteiger charge is -2.10. The van der Waals surface area contributed by atoms with E-state index in [2.05, 4.69) is 21.5 Å². The molecule has 1 amide bonds. The summed E-state index contributed by atoms with van der Waals surface area (Å²) in [6.07, 6.45) is 3.10. The molecule has 2 heterocycles. The Balaban J connectivity index is 1.63. The highest BCUT2D eigenvalue weighted by molar-refractivity contribution is 6.01. The zero-order chi connectivity index (χ0) is 19.7. The third kappa shape index (κ3) is 3.08. The van der Waals surface area contributed by atoms with Crippen molar-refractivity contribution in [1.82, 2.24) is 14.6 Å².